The lowest BCUT2D eigenvalue weighted by Crippen LogP contribution is -2.40. The molecule has 0 saturated carbocycles. The van der Waals surface area contributed by atoms with Crippen molar-refractivity contribution in [2.75, 3.05) is 0 Å². The van der Waals surface area contributed by atoms with Crippen molar-refractivity contribution in [3.05, 3.63) is 69.3 Å². The topological polar surface area (TPSA) is 87.0 Å². The number of ether oxygens (including phenoxy) is 1. The molecule has 1 aliphatic rings. The first-order valence-corrected chi connectivity index (χ1v) is 13.7. The van der Waals surface area contributed by atoms with Gasteiger partial charge in [0, 0.05) is 11.3 Å². The summed E-state index contributed by atoms with van der Waals surface area (Å²) in [4.78, 5) is 14.5. The molecule has 1 unspecified atom stereocenters. The number of aliphatic hydroxyl groups excluding tert-OH is 2. The number of carbonyl (C=O) groups excluding carboxylic acids is 1. The van der Waals surface area contributed by atoms with Crippen molar-refractivity contribution >= 4 is 17.7 Å². The molecular weight excluding hydrogens is 472 g/mol. The summed E-state index contributed by atoms with van der Waals surface area (Å²) in [5.41, 5.74) is 2.92. The van der Waals surface area contributed by atoms with E-state index >= 15 is 0 Å². The van der Waals surface area contributed by atoms with Gasteiger partial charge in [0.25, 0.3) is 0 Å². The maximum absolute atomic E-state index is 13.3. The highest BCUT2D eigenvalue weighted by molar-refractivity contribution is 8.04. The Bertz CT molecular complexity index is 1100. The molecule has 0 aliphatic carbocycles. The molecule has 5 nitrogen and oxygen atoms in total. The number of cyclic esters (lactones) is 1. The highest BCUT2D eigenvalue weighted by Gasteiger charge is 2.42. The van der Waals surface area contributed by atoms with E-state index < -0.39 is 11.6 Å². The average molecular weight is 513 g/mol. The Kier molecular flexibility index (Phi) is 9.18. The Morgan fingerprint density at radius 3 is 2.33 bits per heavy atom. The highest BCUT2D eigenvalue weighted by atomic mass is 32.2. The van der Waals surface area contributed by atoms with Crippen molar-refractivity contribution in [3.63, 3.8) is 0 Å². The molecule has 0 fully saturated rings. The fourth-order valence-electron chi connectivity index (χ4n) is 4.70. The lowest BCUT2D eigenvalue weighted by molar-refractivity contribution is -0.159. The molecule has 6 heteroatoms. The standard InChI is InChI=1S/C30H40O5S/c1-6-7-8-14-30(15-13-21-9-11-23(32)12-10-21)18-25(33)27(28(34)35-30)36-26-16-20(2)22(19-31)17-24(26)29(3,4)5/h9-12,16-17,31-33H,6-8,13-15,18-19H2,1-5H3. The van der Waals surface area contributed by atoms with Crippen molar-refractivity contribution in [2.45, 2.75) is 102 Å². The largest absolute Gasteiger partial charge is 0.511 e. The van der Waals surface area contributed by atoms with E-state index in [0.29, 0.717) is 25.7 Å². The number of phenols is 1. The number of esters is 1. The first-order chi connectivity index (χ1) is 17.0. The second kappa shape index (κ2) is 11.7. The third-order valence-electron chi connectivity index (χ3n) is 6.92. The summed E-state index contributed by atoms with van der Waals surface area (Å²) in [5, 5.41) is 30.5. The number of rotatable bonds is 10. The predicted molar refractivity (Wildman–Crippen MR) is 145 cm³/mol. The van der Waals surface area contributed by atoms with Crippen LogP contribution < -0.4 is 0 Å². The van der Waals surface area contributed by atoms with Gasteiger partial charge in [-0.3, -0.25) is 0 Å². The lowest BCUT2D eigenvalue weighted by atomic mass is 9.84. The van der Waals surface area contributed by atoms with E-state index in [4.69, 9.17) is 4.74 Å². The van der Waals surface area contributed by atoms with E-state index in [1.807, 2.05) is 31.2 Å². The van der Waals surface area contributed by atoms with Crippen LogP contribution in [0.2, 0.25) is 0 Å². The Balaban J connectivity index is 1.90. The van der Waals surface area contributed by atoms with Crippen LogP contribution in [-0.2, 0) is 28.0 Å². The number of hydrogen-bond acceptors (Lipinski definition) is 6. The molecule has 2 aromatic carbocycles. The molecule has 1 atom stereocenters. The molecule has 0 spiro atoms. The molecule has 3 N–H and O–H groups in total. The van der Waals surface area contributed by atoms with Gasteiger partial charge in [0.2, 0.25) is 0 Å². The number of aromatic hydroxyl groups is 1. The number of aryl methyl sites for hydroxylation is 2. The first-order valence-electron chi connectivity index (χ1n) is 12.8. The number of benzene rings is 2. The van der Waals surface area contributed by atoms with E-state index in [9.17, 15) is 20.1 Å². The SMILES string of the molecule is CCCCCC1(CCc2ccc(O)cc2)CC(O)=C(Sc2cc(C)c(CO)cc2C(C)(C)C)C(=O)O1. The van der Waals surface area contributed by atoms with E-state index in [1.165, 1.54) is 11.8 Å². The van der Waals surface area contributed by atoms with Crippen molar-refractivity contribution in [1.29, 1.82) is 0 Å². The number of thioether (sulfide) groups is 1. The minimum Gasteiger partial charge on any atom is -0.511 e. The van der Waals surface area contributed by atoms with Crippen LogP contribution in [0.15, 0.2) is 52.0 Å². The Labute approximate surface area is 219 Å². The maximum atomic E-state index is 13.3. The fourth-order valence-corrected chi connectivity index (χ4v) is 5.94. The fraction of sp³-hybridized carbons (Fsp3) is 0.500. The Morgan fingerprint density at radius 1 is 1.06 bits per heavy atom. The summed E-state index contributed by atoms with van der Waals surface area (Å²) in [7, 11) is 0. The molecule has 0 amide bonds. The van der Waals surface area contributed by atoms with Gasteiger partial charge in [-0.1, -0.05) is 70.5 Å². The number of aliphatic hydroxyl groups is 2. The first kappa shape index (κ1) is 28.1. The molecule has 3 rings (SSSR count). The summed E-state index contributed by atoms with van der Waals surface area (Å²) in [6.45, 7) is 10.3. The number of phenolic OH excluding ortho intramolecular Hbond substituents is 1. The molecular formula is C30H40O5S. The van der Waals surface area contributed by atoms with Crippen LogP contribution in [0.25, 0.3) is 0 Å². The van der Waals surface area contributed by atoms with Gasteiger partial charge in [-0.15, -0.1) is 0 Å². The molecule has 1 aliphatic heterocycles. The minimum atomic E-state index is -0.748. The van der Waals surface area contributed by atoms with Crippen LogP contribution in [0.3, 0.4) is 0 Å². The molecule has 1 heterocycles. The van der Waals surface area contributed by atoms with Crippen LogP contribution in [0, 0.1) is 6.92 Å². The number of unbranched alkanes of at least 4 members (excludes halogenated alkanes) is 2. The van der Waals surface area contributed by atoms with Crippen molar-refractivity contribution < 1.29 is 24.9 Å². The minimum absolute atomic E-state index is 0.0445. The van der Waals surface area contributed by atoms with Gasteiger partial charge in [0.1, 0.15) is 22.0 Å². The van der Waals surface area contributed by atoms with Gasteiger partial charge in [-0.05, 0) is 78.5 Å². The quantitative estimate of drug-likeness (QED) is 0.230. The van der Waals surface area contributed by atoms with Gasteiger partial charge in [0.05, 0.1) is 6.61 Å². The zero-order valence-electron chi connectivity index (χ0n) is 22.2. The van der Waals surface area contributed by atoms with Crippen LogP contribution in [0.4, 0.5) is 0 Å². The monoisotopic (exact) mass is 512 g/mol. The zero-order chi connectivity index (χ0) is 26.5. The lowest BCUT2D eigenvalue weighted by Gasteiger charge is -2.37. The number of hydrogen-bond donors (Lipinski definition) is 3. The average Bonchev–Trinajstić information content (AvgIpc) is 2.81. The molecule has 196 valence electrons. The normalized spacial score (nSPS) is 18.4. The molecule has 2 aromatic rings. The van der Waals surface area contributed by atoms with Gasteiger partial charge in [0.15, 0.2) is 0 Å². The summed E-state index contributed by atoms with van der Waals surface area (Å²) in [6, 6.07) is 11.1. The Hall–Kier alpha value is -2.44. The van der Waals surface area contributed by atoms with Crippen LogP contribution in [0.5, 0.6) is 5.75 Å². The highest BCUT2D eigenvalue weighted by Crippen LogP contribution is 2.44. The van der Waals surface area contributed by atoms with Gasteiger partial charge in [-0.2, -0.15) is 0 Å². The molecule has 0 bridgehead atoms. The van der Waals surface area contributed by atoms with E-state index in [1.54, 1.807) is 12.1 Å². The second-order valence-corrected chi connectivity index (χ2v) is 12.0. The van der Waals surface area contributed by atoms with Gasteiger partial charge < -0.3 is 20.1 Å². The van der Waals surface area contributed by atoms with E-state index in [-0.39, 0.29) is 28.4 Å². The number of carbonyl (C=O) groups is 1. The molecule has 0 saturated heterocycles. The summed E-state index contributed by atoms with van der Waals surface area (Å²) in [5.74, 6) is -0.170. The smallest absolute Gasteiger partial charge is 0.349 e. The van der Waals surface area contributed by atoms with E-state index in [2.05, 4.69) is 27.7 Å². The molecule has 0 aromatic heterocycles. The van der Waals surface area contributed by atoms with Gasteiger partial charge >= 0.3 is 5.97 Å². The van der Waals surface area contributed by atoms with Crippen molar-refractivity contribution in [3.8, 4) is 5.75 Å². The zero-order valence-corrected chi connectivity index (χ0v) is 23.0. The van der Waals surface area contributed by atoms with Crippen LogP contribution >= 0.6 is 11.8 Å². The second-order valence-electron chi connectivity index (χ2n) is 10.9. The van der Waals surface area contributed by atoms with Crippen molar-refractivity contribution in [1.82, 2.24) is 0 Å². The van der Waals surface area contributed by atoms with Gasteiger partial charge in [-0.25, -0.2) is 4.79 Å². The van der Waals surface area contributed by atoms with Crippen molar-refractivity contribution in [2.24, 2.45) is 0 Å². The maximum Gasteiger partial charge on any atom is 0.349 e. The van der Waals surface area contributed by atoms with E-state index in [0.717, 1.165) is 46.4 Å². The third-order valence-corrected chi connectivity index (χ3v) is 8.08. The summed E-state index contributed by atoms with van der Waals surface area (Å²) in [6.07, 6.45) is 5.30. The Morgan fingerprint density at radius 2 is 1.75 bits per heavy atom. The summed E-state index contributed by atoms with van der Waals surface area (Å²) < 4.78 is 6.15. The molecule has 0 radical (unpaired) electrons. The third kappa shape index (κ3) is 6.86. The van der Waals surface area contributed by atoms with Crippen LogP contribution in [-0.4, -0.2) is 26.9 Å². The van der Waals surface area contributed by atoms with Crippen LogP contribution in [0.1, 0.15) is 88.5 Å². The predicted octanol–water partition coefficient (Wildman–Crippen LogP) is 7.25. The molecule has 36 heavy (non-hydrogen) atoms. The summed E-state index contributed by atoms with van der Waals surface area (Å²) >= 11 is 1.26.